The standard InChI is InChI=1S/C22H22F2N4O3/c1-12(11-29)26-22(31)15-5-6-18(27-21(15)25)16-10-14(4-8-20(16)30)28(2)19-7-3-13(23)9-17(19)24/h3-10,12,29-30H,11H2,1-2H3,(H2,25,27)(H,26,31)/t12-/m1/s1. The van der Waals surface area contributed by atoms with Crippen molar-refractivity contribution >= 4 is 23.1 Å². The highest BCUT2D eigenvalue weighted by atomic mass is 19.1. The molecule has 0 aliphatic heterocycles. The van der Waals surface area contributed by atoms with Crippen LogP contribution in [0, 0.1) is 11.6 Å². The van der Waals surface area contributed by atoms with E-state index in [1.807, 2.05) is 0 Å². The lowest BCUT2D eigenvalue weighted by Crippen LogP contribution is -2.35. The third-order valence-electron chi connectivity index (χ3n) is 4.74. The lowest BCUT2D eigenvalue weighted by atomic mass is 10.1. The molecule has 5 N–H and O–H groups in total. The topological polar surface area (TPSA) is 112 Å². The van der Waals surface area contributed by atoms with Crippen molar-refractivity contribution in [2.24, 2.45) is 0 Å². The van der Waals surface area contributed by atoms with Crippen molar-refractivity contribution in [2.45, 2.75) is 13.0 Å². The minimum absolute atomic E-state index is 0.0529. The van der Waals surface area contributed by atoms with Crippen LogP contribution in [0.5, 0.6) is 5.75 Å². The first-order chi connectivity index (χ1) is 14.7. The number of carbonyl (C=O) groups excluding carboxylic acids is 1. The number of carbonyl (C=O) groups is 1. The molecule has 0 unspecified atom stereocenters. The number of aliphatic hydroxyl groups is 1. The van der Waals surface area contributed by atoms with E-state index in [0.29, 0.717) is 16.9 Å². The number of phenols is 1. The Labute approximate surface area is 177 Å². The summed E-state index contributed by atoms with van der Waals surface area (Å²) in [4.78, 5) is 18.0. The third kappa shape index (κ3) is 4.72. The molecule has 0 saturated heterocycles. The summed E-state index contributed by atoms with van der Waals surface area (Å²) >= 11 is 0. The molecule has 0 bridgehead atoms. The Bertz CT molecular complexity index is 1120. The number of anilines is 3. The molecule has 7 nitrogen and oxygen atoms in total. The minimum Gasteiger partial charge on any atom is -0.507 e. The number of hydrogen-bond donors (Lipinski definition) is 4. The molecule has 9 heteroatoms. The Hall–Kier alpha value is -3.72. The van der Waals surface area contributed by atoms with E-state index >= 15 is 0 Å². The van der Waals surface area contributed by atoms with Crippen LogP contribution in [-0.4, -0.2) is 40.8 Å². The molecule has 0 fully saturated rings. The normalized spacial score (nSPS) is 11.8. The van der Waals surface area contributed by atoms with Gasteiger partial charge in [-0.2, -0.15) is 0 Å². The van der Waals surface area contributed by atoms with E-state index in [9.17, 15) is 18.7 Å². The summed E-state index contributed by atoms with van der Waals surface area (Å²) < 4.78 is 27.4. The van der Waals surface area contributed by atoms with E-state index in [2.05, 4.69) is 10.3 Å². The number of nitrogens with two attached hydrogens (primary N) is 1. The summed E-state index contributed by atoms with van der Waals surface area (Å²) in [5, 5.41) is 22.0. The molecule has 31 heavy (non-hydrogen) atoms. The molecule has 3 rings (SSSR count). The zero-order valence-corrected chi connectivity index (χ0v) is 16.9. The van der Waals surface area contributed by atoms with Gasteiger partial charge in [-0.3, -0.25) is 4.79 Å². The van der Waals surface area contributed by atoms with Gasteiger partial charge < -0.3 is 26.2 Å². The smallest absolute Gasteiger partial charge is 0.255 e. The first-order valence-electron chi connectivity index (χ1n) is 9.41. The first-order valence-corrected chi connectivity index (χ1v) is 9.41. The minimum atomic E-state index is -0.730. The van der Waals surface area contributed by atoms with Crippen LogP contribution in [0.2, 0.25) is 0 Å². The zero-order chi connectivity index (χ0) is 22.7. The highest BCUT2D eigenvalue weighted by Crippen LogP contribution is 2.35. The summed E-state index contributed by atoms with van der Waals surface area (Å²) in [5.74, 6) is -2.04. The predicted molar refractivity (Wildman–Crippen MR) is 114 cm³/mol. The predicted octanol–water partition coefficient (Wildman–Crippen LogP) is 3.19. The lowest BCUT2D eigenvalue weighted by molar-refractivity contribution is 0.0923. The fourth-order valence-electron chi connectivity index (χ4n) is 2.99. The van der Waals surface area contributed by atoms with Crippen molar-refractivity contribution in [3.63, 3.8) is 0 Å². The summed E-state index contributed by atoms with van der Waals surface area (Å²) in [6.45, 7) is 1.42. The molecule has 1 atom stereocenters. The molecular formula is C22H22F2N4O3. The lowest BCUT2D eigenvalue weighted by Gasteiger charge is -2.21. The second-order valence-corrected chi connectivity index (χ2v) is 7.04. The van der Waals surface area contributed by atoms with E-state index in [1.54, 1.807) is 26.1 Å². The number of aromatic nitrogens is 1. The van der Waals surface area contributed by atoms with Crippen LogP contribution in [0.4, 0.5) is 26.0 Å². The SMILES string of the molecule is C[C@H](CO)NC(=O)c1ccc(-c2cc(N(C)c3ccc(F)cc3F)ccc2O)nc1N. The molecule has 0 saturated carbocycles. The number of nitrogens with one attached hydrogen (secondary N) is 1. The number of halogens is 2. The molecule has 0 radical (unpaired) electrons. The Morgan fingerprint density at radius 2 is 1.94 bits per heavy atom. The molecule has 2 aromatic carbocycles. The number of amides is 1. The average Bonchev–Trinajstić information content (AvgIpc) is 2.73. The number of aliphatic hydroxyl groups excluding tert-OH is 1. The molecule has 162 valence electrons. The van der Waals surface area contributed by atoms with Gasteiger partial charge in [0.25, 0.3) is 5.91 Å². The van der Waals surface area contributed by atoms with E-state index in [1.165, 1.54) is 29.2 Å². The molecule has 1 amide bonds. The summed E-state index contributed by atoms with van der Waals surface area (Å²) in [7, 11) is 1.60. The van der Waals surface area contributed by atoms with Crippen LogP contribution < -0.4 is 16.0 Å². The Morgan fingerprint density at radius 3 is 2.58 bits per heavy atom. The molecule has 3 aromatic rings. The van der Waals surface area contributed by atoms with Crippen molar-refractivity contribution in [3.8, 4) is 17.0 Å². The molecule has 0 aliphatic carbocycles. The van der Waals surface area contributed by atoms with Gasteiger partial charge in [0.05, 0.1) is 23.6 Å². The fraction of sp³-hybridized carbons (Fsp3) is 0.182. The third-order valence-corrected chi connectivity index (χ3v) is 4.74. The van der Waals surface area contributed by atoms with Gasteiger partial charge >= 0.3 is 0 Å². The van der Waals surface area contributed by atoms with Gasteiger partial charge in [0.2, 0.25) is 0 Å². The van der Waals surface area contributed by atoms with Crippen LogP contribution in [0.15, 0.2) is 48.5 Å². The van der Waals surface area contributed by atoms with Crippen molar-refractivity contribution in [1.82, 2.24) is 10.3 Å². The number of rotatable bonds is 6. The van der Waals surface area contributed by atoms with Gasteiger partial charge in [-0.25, -0.2) is 13.8 Å². The van der Waals surface area contributed by atoms with Gasteiger partial charge in [-0.15, -0.1) is 0 Å². The zero-order valence-electron chi connectivity index (χ0n) is 16.9. The van der Waals surface area contributed by atoms with E-state index in [4.69, 9.17) is 10.8 Å². The number of aromatic hydroxyl groups is 1. The maximum atomic E-state index is 14.2. The number of phenolic OH excluding ortho intramolecular Hbond substituents is 1. The highest BCUT2D eigenvalue weighted by Gasteiger charge is 2.17. The quantitative estimate of drug-likeness (QED) is 0.480. The van der Waals surface area contributed by atoms with E-state index < -0.39 is 23.6 Å². The maximum absolute atomic E-state index is 14.2. The number of pyridine rings is 1. The van der Waals surface area contributed by atoms with Crippen molar-refractivity contribution < 1.29 is 23.8 Å². The van der Waals surface area contributed by atoms with Gasteiger partial charge in [-0.05, 0) is 49.4 Å². The first kappa shape index (κ1) is 22.0. The Morgan fingerprint density at radius 1 is 1.19 bits per heavy atom. The van der Waals surface area contributed by atoms with Crippen LogP contribution in [0.1, 0.15) is 17.3 Å². The van der Waals surface area contributed by atoms with Crippen LogP contribution in [0.3, 0.4) is 0 Å². The summed E-state index contributed by atoms with van der Waals surface area (Å²) in [6, 6.07) is 10.4. The molecule has 0 spiro atoms. The van der Waals surface area contributed by atoms with E-state index in [-0.39, 0.29) is 29.4 Å². The number of nitrogens with zero attached hydrogens (tertiary/aromatic N) is 2. The Balaban J connectivity index is 1.95. The number of hydrogen-bond acceptors (Lipinski definition) is 6. The van der Waals surface area contributed by atoms with Gasteiger partial charge in [0, 0.05) is 30.4 Å². The van der Waals surface area contributed by atoms with Gasteiger partial charge in [0.15, 0.2) is 0 Å². The molecule has 0 aliphatic rings. The van der Waals surface area contributed by atoms with Gasteiger partial charge in [-0.1, -0.05) is 0 Å². The van der Waals surface area contributed by atoms with Crippen molar-refractivity contribution in [3.05, 3.63) is 65.7 Å². The monoisotopic (exact) mass is 428 g/mol. The van der Waals surface area contributed by atoms with Crippen molar-refractivity contribution in [2.75, 3.05) is 24.3 Å². The molecule has 1 heterocycles. The maximum Gasteiger partial charge on any atom is 0.255 e. The largest absolute Gasteiger partial charge is 0.507 e. The fourth-order valence-corrected chi connectivity index (χ4v) is 2.99. The van der Waals surface area contributed by atoms with Gasteiger partial charge in [0.1, 0.15) is 23.2 Å². The van der Waals surface area contributed by atoms with E-state index in [0.717, 1.165) is 12.1 Å². The second kappa shape index (κ2) is 8.97. The second-order valence-electron chi connectivity index (χ2n) is 7.04. The Kier molecular flexibility index (Phi) is 6.36. The summed E-state index contributed by atoms with van der Waals surface area (Å²) in [6.07, 6.45) is 0. The van der Waals surface area contributed by atoms with Crippen LogP contribution >= 0.6 is 0 Å². The average molecular weight is 428 g/mol. The van der Waals surface area contributed by atoms with Crippen LogP contribution in [0.25, 0.3) is 11.3 Å². The number of benzene rings is 2. The highest BCUT2D eigenvalue weighted by molar-refractivity contribution is 5.99. The van der Waals surface area contributed by atoms with Crippen LogP contribution in [-0.2, 0) is 0 Å². The molecule has 1 aromatic heterocycles. The molecular weight excluding hydrogens is 406 g/mol. The summed E-state index contributed by atoms with van der Waals surface area (Å²) in [5.41, 5.74) is 7.34. The van der Waals surface area contributed by atoms with Crippen molar-refractivity contribution in [1.29, 1.82) is 0 Å². The number of nitrogen functional groups attached to an aromatic ring is 1.